The third-order valence-electron chi connectivity index (χ3n) is 4.83. The topological polar surface area (TPSA) is 95.4 Å². The van der Waals surface area contributed by atoms with E-state index in [1.165, 1.54) is 25.5 Å². The molecule has 0 unspecified atom stereocenters. The number of benzene rings is 2. The number of methoxy groups -OCH3 is 1. The van der Waals surface area contributed by atoms with Crippen LogP contribution in [0.5, 0.6) is 5.75 Å². The highest BCUT2D eigenvalue weighted by Gasteiger charge is 2.26. The van der Waals surface area contributed by atoms with Gasteiger partial charge in [-0.05, 0) is 60.6 Å². The summed E-state index contributed by atoms with van der Waals surface area (Å²) in [6.45, 7) is 1.95. The highest BCUT2D eigenvalue weighted by Crippen LogP contribution is 2.43. The van der Waals surface area contributed by atoms with Crippen molar-refractivity contribution in [2.24, 2.45) is 5.14 Å². The molecule has 4 rings (SSSR count). The molecule has 6 nitrogen and oxygen atoms in total. The fourth-order valence-corrected chi connectivity index (χ4v) is 4.05. The molecule has 0 spiro atoms. The number of hydrogen-bond donors (Lipinski definition) is 1. The molecule has 0 radical (unpaired) electrons. The van der Waals surface area contributed by atoms with Gasteiger partial charge in [0.2, 0.25) is 10.0 Å². The number of nitrogens with zero attached hydrogens (tertiary/aromatic N) is 1. The fourth-order valence-electron chi connectivity index (χ4n) is 3.28. The molecule has 0 bridgehead atoms. The van der Waals surface area contributed by atoms with Crippen LogP contribution in [0.4, 0.5) is 0 Å². The Balaban J connectivity index is 1.96. The smallest absolute Gasteiger partial charge is 0.241 e. The van der Waals surface area contributed by atoms with Crippen LogP contribution < -0.4 is 9.88 Å². The molecule has 1 aliphatic carbocycles. The molecule has 1 saturated carbocycles. The Morgan fingerprint density at radius 3 is 2.65 bits per heavy atom. The van der Waals surface area contributed by atoms with Gasteiger partial charge in [0.15, 0.2) is 5.58 Å². The molecule has 0 atom stereocenters. The van der Waals surface area contributed by atoms with Crippen LogP contribution in [-0.4, -0.2) is 20.7 Å². The molecular weight excluding hydrogens is 352 g/mol. The van der Waals surface area contributed by atoms with Gasteiger partial charge < -0.3 is 9.26 Å². The average Bonchev–Trinajstić information content (AvgIpc) is 3.39. The largest absolute Gasteiger partial charge is 0.495 e. The molecule has 0 aliphatic heterocycles. The van der Waals surface area contributed by atoms with E-state index in [2.05, 4.69) is 11.2 Å². The monoisotopic (exact) mass is 372 g/mol. The van der Waals surface area contributed by atoms with Crippen molar-refractivity contribution in [3.63, 3.8) is 0 Å². The van der Waals surface area contributed by atoms with E-state index in [0.717, 1.165) is 10.9 Å². The molecule has 1 aromatic heterocycles. The maximum atomic E-state index is 12.0. The van der Waals surface area contributed by atoms with Crippen LogP contribution in [0.2, 0.25) is 0 Å². The van der Waals surface area contributed by atoms with Crippen molar-refractivity contribution in [2.75, 3.05) is 7.11 Å². The summed E-state index contributed by atoms with van der Waals surface area (Å²) in [6, 6.07) is 9.49. The Bertz CT molecular complexity index is 1100. The van der Waals surface area contributed by atoms with E-state index in [9.17, 15) is 8.42 Å². The minimum Gasteiger partial charge on any atom is -0.495 e. The molecule has 7 heteroatoms. The van der Waals surface area contributed by atoms with E-state index in [1.54, 1.807) is 6.07 Å². The average molecular weight is 372 g/mol. The van der Waals surface area contributed by atoms with Gasteiger partial charge >= 0.3 is 0 Å². The molecule has 0 amide bonds. The second-order valence-electron chi connectivity index (χ2n) is 6.63. The molecule has 1 aliphatic rings. The summed E-state index contributed by atoms with van der Waals surface area (Å²) in [5, 5.41) is 10.4. The number of fused-ring (bicyclic) bond motifs is 1. The lowest BCUT2D eigenvalue weighted by molar-refractivity contribution is 0.403. The molecular formula is C19H20N2O4S. The van der Waals surface area contributed by atoms with E-state index in [1.807, 2.05) is 25.1 Å². The lowest BCUT2D eigenvalue weighted by Crippen LogP contribution is -2.14. The number of rotatable bonds is 5. The summed E-state index contributed by atoms with van der Waals surface area (Å²) in [6.07, 6.45) is 3.06. The van der Waals surface area contributed by atoms with Crippen molar-refractivity contribution in [1.29, 1.82) is 0 Å². The number of sulfonamides is 1. The van der Waals surface area contributed by atoms with Crippen LogP contribution in [0.1, 0.15) is 36.8 Å². The summed E-state index contributed by atoms with van der Waals surface area (Å²) >= 11 is 0. The third-order valence-corrected chi connectivity index (χ3v) is 5.75. The van der Waals surface area contributed by atoms with Crippen molar-refractivity contribution in [1.82, 2.24) is 5.16 Å². The number of aromatic nitrogens is 1. The van der Waals surface area contributed by atoms with Crippen LogP contribution in [-0.2, 0) is 16.4 Å². The lowest BCUT2D eigenvalue weighted by atomic mass is 10.0. The Morgan fingerprint density at radius 1 is 1.27 bits per heavy atom. The number of hydrogen-bond acceptors (Lipinski definition) is 5. The van der Waals surface area contributed by atoms with Gasteiger partial charge in [0, 0.05) is 10.9 Å². The minimum atomic E-state index is -3.94. The van der Waals surface area contributed by atoms with Crippen LogP contribution in [0.25, 0.3) is 22.2 Å². The second kappa shape index (κ2) is 6.10. The lowest BCUT2D eigenvalue weighted by Gasteiger charge is -2.13. The standard InChI is InChI=1S/C19H20N2O4S/c1-3-11-8-15(19(24-2)17(9-11)26(20,22)23)18-14-7-6-13(12-4-5-12)10-16(14)25-21-18/h6-10,12H,3-5H2,1-2H3,(H2,20,22,23). The van der Waals surface area contributed by atoms with E-state index < -0.39 is 10.0 Å². The fraction of sp³-hybridized carbons (Fsp3) is 0.316. The maximum Gasteiger partial charge on any atom is 0.241 e. The molecule has 1 heterocycles. The second-order valence-corrected chi connectivity index (χ2v) is 8.16. The van der Waals surface area contributed by atoms with Gasteiger partial charge in [-0.2, -0.15) is 0 Å². The number of nitrogens with two attached hydrogens (primary N) is 1. The normalized spacial score (nSPS) is 14.7. The van der Waals surface area contributed by atoms with E-state index in [-0.39, 0.29) is 10.6 Å². The maximum absolute atomic E-state index is 12.0. The Morgan fingerprint density at radius 2 is 2.04 bits per heavy atom. The Hall–Kier alpha value is -2.38. The van der Waals surface area contributed by atoms with Gasteiger partial charge in [-0.1, -0.05) is 18.1 Å². The van der Waals surface area contributed by atoms with Crippen LogP contribution >= 0.6 is 0 Å². The Kier molecular flexibility index (Phi) is 4.00. The molecule has 2 N–H and O–H groups in total. The van der Waals surface area contributed by atoms with Crippen molar-refractivity contribution < 1.29 is 17.7 Å². The third kappa shape index (κ3) is 2.87. The number of aryl methyl sites for hydroxylation is 1. The van der Waals surface area contributed by atoms with Gasteiger partial charge in [-0.3, -0.25) is 0 Å². The summed E-state index contributed by atoms with van der Waals surface area (Å²) < 4.78 is 35.0. The molecule has 136 valence electrons. The summed E-state index contributed by atoms with van der Waals surface area (Å²) in [5.41, 5.74) is 3.88. The predicted molar refractivity (Wildman–Crippen MR) is 98.7 cm³/mol. The summed E-state index contributed by atoms with van der Waals surface area (Å²) in [5.74, 6) is 0.797. The number of primary sulfonamides is 1. The first-order chi connectivity index (χ1) is 12.4. The summed E-state index contributed by atoms with van der Waals surface area (Å²) in [7, 11) is -2.51. The van der Waals surface area contributed by atoms with E-state index in [4.69, 9.17) is 14.4 Å². The van der Waals surface area contributed by atoms with E-state index in [0.29, 0.717) is 29.2 Å². The highest BCUT2D eigenvalue weighted by molar-refractivity contribution is 7.89. The van der Waals surface area contributed by atoms with Gasteiger partial charge in [-0.15, -0.1) is 0 Å². The zero-order chi connectivity index (χ0) is 18.5. The molecule has 1 fully saturated rings. The van der Waals surface area contributed by atoms with Crippen LogP contribution in [0, 0.1) is 0 Å². The van der Waals surface area contributed by atoms with Gasteiger partial charge in [0.25, 0.3) is 0 Å². The Labute approximate surface area is 152 Å². The first-order valence-electron chi connectivity index (χ1n) is 8.55. The highest BCUT2D eigenvalue weighted by atomic mass is 32.2. The molecule has 3 aromatic rings. The van der Waals surface area contributed by atoms with E-state index >= 15 is 0 Å². The van der Waals surface area contributed by atoms with Crippen LogP contribution in [0.15, 0.2) is 39.8 Å². The van der Waals surface area contributed by atoms with Crippen molar-refractivity contribution in [3.8, 4) is 17.0 Å². The van der Waals surface area contributed by atoms with Gasteiger partial charge in [0.05, 0.1) is 7.11 Å². The molecule has 2 aromatic carbocycles. The first-order valence-corrected chi connectivity index (χ1v) is 10.1. The number of ether oxygens (including phenoxy) is 1. The van der Waals surface area contributed by atoms with Gasteiger partial charge in [0.1, 0.15) is 16.3 Å². The molecule has 26 heavy (non-hydrogen) atoms. The van der Waals surface area contributed by atoms with Crippen molar-refractivity contribution in [3.05, 3.63) is 41.5 Å². The SMILES string of the molecule is CCc1cc(-c2noc3cc(C4CC4)ccc23)c(OC)c(S(N)(=O)=O)c1. The first kappa shape index (κ1) is 17.1. The predicted octanol–water partition coefficient (Wildman–Crippen LogP) is 3.59. The minimum absolute atomic E-state index is 0.0416. The van der Waals surface area contributed by atoms with Gasteiger partial charge in [-0.25, -0.2) is 13.6 Å². The summed E-state index contributed by atoms with van der Waals surface area (Å²) in [4.78, 5) is -0.0416. The molecule has 0 saturated heterocycles. The quantitative estimate of drug-likeness (QED) is 0.738. The van der Waals surface area contributed by atoms with Crippen LogP contribution in [0.3, 0.4) is 0 Å². The van der Waals surface area contributed by atoms with Crippen molar-refractivity contribution in [2.45, 2.75) is 37.0 Å². The van der Waals surface area contributed by atoms with Crippen molar-refractivity contribution >= 4 is 21.0 Å². The zero-order valence-corrected chi connectivity index (χ0v) is 15.5. The zero-order valence-electron chi connectivity index (χ0n) is 14.7.